The summed E-state index contributed by atoms with van der Waals surface area (Å²) in [6, 6.07) is 8.87. The van der Waals surface area contributed by atoms with Crippen LogP contribution in [0.5, 0.6) is 11.6 Å². The third kappa shape index (κ3) is 5.06. The number of pyridine rings is 2. The summed E-state index contributed by atoms with van der Waals surface area (Å²) in [4.78, 5) is 22.7. The molecule has 1 aliphatic heterocycles. The molecule has 0 atom stereocenters. The van der Waals surface area contributed by atoms with Crippen molar-refractivity contribution in [1.29, 1.82) is 0 Å². The van der Waals surface area contributed by atoms with E-state index in [0.29, 0.717) is 11.6 Å². The highest BCUT2D eigenvalue weighted by Crippen LogP contribution is 2.24. The fraction of sp³-hybridized carbons (Fsp3) is 0.318. The van der Waals surface area contributed by atoms with E-state index in [9.17, 15) is 4.79 Å². The Labute approximate surface area is 180 Å². The zero-order valence-electron chi connectivity index (χ0n) is 17.5. The van der Waals surface area contributed by atoms with Gasteiger partial charge < -0.3 is 19.7 Å². The van der Waals surface area contributed by atoms with E-state index in [1.807, 2.05) is 13.0 Å². The Balaban J connectivity index is 1.34. The molecule has 0 aliphatic carbocycles. The average Bonchev–Trinajstić information content (AvgIpc) is 2.81. The smallest absolute Gasteiger partial charge is 0.276 e. The third-order valence-electron chi connectivity index (χ3n) is 5.09. The van der Waals surface area contributed by atoms with Crippen LogP contribution in [0, 0.1) is 6.92 Å². The van der Waals surface area contributed by atoms with Gasteiger partial charge in [0.25, 0.3) is 5.91 Å². The molecule has 1 N–H and O–H groups in total. The van der Waals surface area contributed by atoms with E-state index in [-0.39, 0.29) is 17.7 Å². The molecule has 1 fully saturated rings. The van der Waals surface area contributed by atoms with Gasteiger partial charge >= 0.3 is 0 Å². The van der Waals surface area contributed by atoms with E-state index in [1.165, 1.54) is 0 Å². The molecule has 1 aliphatic rings. The van der Waals surface area contributed by atoms with Gasteiger partial charge in [-0.15, -0.1) is 10.2 Å². The fourth-order valence-electron chi connectivity index (χ4n) is 3.47. The number of carbonyl (C=O) groups is 1. The quantitative estimate of drug-likeness (QED) is 0.649. The first-order valence-corrected chi connectivity index (χ1v) is 10.1. The minimum absolute atomic E-state index is 0.116. The number of methoxy groups -OCH3 is 1. The van der Waals surface area contributed by atoms with Gasteiger partial charge in [0.2, 0.25) is 5.88 Å². The number of hydrogen-bond acceptors (Lipinski definition) is 8. The molecule has 9 nitrogen and oxygen atoms in total. The minimum atomic E-state index is -0.298. The van der Waals surface area contributed by atoms with Gasteiger partial charge in [0.1, 0.15) is 11.9 Å². The van der Waals surface area contributed by atoms with Gasteiger partial charge in [0, 0.05) is 50.1 Å². The summed E-state index contributed by atoms with van der Waals surface area (Å²) >= 11 is 0. The van der Waals surface area contributed by atoms with Crippen LogP contribution in [0.2, 0.25) is 0 Å². The van der Waals surface area contributed by atoms with E-state index in [4.69, 9.17) is 9.47 Å². The standard InChI is InChI=1S/C22H24N6O3/c1-15-13-19(22(29)25-16-5-9-23-10-6-16)26-27-21(15)28-11-7-17(8-12-28)31-18-3-4-20(30-2)24-14-18/h3-6,9-10,13-14,17H,7-8,11-12H2,1-2H3,(H,23,25,29). The highest BCUT2D eigenvalue weighted by molar-refractivity contribution is 6.02. The Kier molecular flexibility index (Phi) is 6.21. The van der Waals surface area contributed by atoms with Crippen LogP contribution in [0.4, 0.5) is 11.5 Å². The number of aromatic nitrogens is 4. The van der Waals surface area contributed by atoms with Crippen LogP contribution in [0.1, 0.15) is 28.9 Å². The molecule has 160 valence electrons. The van der Waals surface area contributed by atoms with Crippen LogP contribution in [0.15, 0.2) is 48.9 Å². The van der Waals surface area contributed by atoms with Gasteiger partial charge in [0.05, 0.1) is 13.3 Å². The third-order valence-corrected chi connectivity index (χ3v) is 5.09. The van der Waals surface area contributed by atoms with Crippen molar-refractivity contribution in [2.75, 3.05) is 30.4 Å². The molecule has 0 radical (unpaired) electrons. The molecule has 0 unspecified atom stereocenters. The van der Waals surface area contributed by atoms with Crippen LogP contribution < -0.4 is 19.7 Å². The summed E-state index contributed by atoms with van der Waals surface area (Å²) in [6.07, 6.45) is 6.75. The first-order chi connectivity index (χ1) is 15.1. The number of aryl methyl sites for hydroxylation is 1. The van der Waals surface area contributed by atoms with Gasteiger partial charge in [-0.3, -0.25) is 9.78 Å². The van der Waals surface area contributed by atoms with Gasteiger partial charge in [0.15, 0.2) is 11.5 Å². The van der Waals surface area contributed by atoms with Crippen LogP contribution in [-0.4, -0.2) is 52.4 Å². The second-order valence-electron chi connectivity index (χ2n) is 7.27. The van der Waals surface area contributed by atoms with E-state index >= 15 is 0 Å². The number of nitrogens with zero attached hydrogens (tertiary/aromatic N) is 5. The van der Waals surface area contributed by atoms with Crippen molar-refractivity contribution in [2.45, 2.75) is 25.9 Å². The van der Waals surface area contributed by atoms with Crippen LogP contribution in [0.25, 0.3) is 0 Å². The lowest BCUT2D eigenvalue weighted by Crippen LogP contribution is -2.39. The van der Waals surface area contributed by atoms with Crippen LogP contribution in [-0.2, 0) is 0 Å². The number of nitrogens with one attached hydrogen (secondary N) is 1. The fourth-order valence-corrected chi connectivity index (χ4v) is 3.47. The summed E-state index contributed by atoms with van der Waals surface area (Å²) < 4.78 is 11.1. The summed E-state index contributed by atoms with van der Waals surface area (Å²) in [6.45, 7) is 3.54. The predicted octanol–water partition coefficient (Wildman–Crippen LogP) is 2.88. The highest BCUT2D eigenvalue weighted by Gasteiger charge is 2.23. The van der Waals surface area contributed by atoms with Crippen molar-refractivity contribution >= 4 is 17.4 Å². The maximum Gasteiger partial charge on any atom is 0.276 e. The van der Waals surface area contributed by atoms with Crippen molar-refractivity contribution in [2.24, 2.45) is 0 Å². The lowest BCUT2D eigenvalue weighted by Gasteiger charge is -2.33. The van der Waals surface area contributed by atoms with E-state index in [2.05, 4.69) is 30.4 Å². The first kappa shape index (κ1) is 20.5. The zero-order valence-corrected chi connectivity index (χ0v) is 17.5. The normalized spacial score (nSPS) is 14.2. The molecule has 0 bridgehead atoms. The van der Waals surface area contributed by atoms with Crippen molar-refractivity contribution in [1.82, 2.24) is 20.2 Å². The molecule has 1 saturated heterocycles. The van der Waals surface area contributed by atoms with Gasteiger partial charge in [-0.25, -0.2) is 4.98 Å². The molecule has 0 spiro atoms. The maximum atomic E-state index is 12.4. The molecule has 0 aromatic carbocycles. The van der Waals surface area contributed by atoms with E-state index in [1.54, 1.807) is 50.0 Å². The van der Waals surface area contributed by atoms with E-state index in [0.717, 1.165) is 43.1 Å². The Morgan fingerprint density at radius 1 is 1.13 bits per heavy atom. The molecule has 1 amide bonds. The number of ether oxygens (including phenoxy) is 2. The van der Waals surface area contributed by atoms with Gasteiger partial charge in [-0.05, 0) is 36.8 Å². The van der Waals surface area contributed by atoms with Gasteiger partial charge in [-0.2, -0.15) is 0 Å². The summed E-state index contributed by atoms with van der Waals surface area (Å²) in [5.74, 6) is 1.80. The number of carbonyl (C=O) groups excluding carboxylic acids is 1. The van der Waals surface area contributed by atoms with Gasteiger partial charge in [-0.1, -0.05) is 0 Å². The average molecular weight is 420 g/mol. The van der Waals surface area contributed by atoms with Crippen molar-refractivity contribution in [3.8, 4) is 11.6 Å². The van der Waals surface area contributed by atoms with Crippen LogP contribution in [0.3, 0.4) is 0 Å². The molecular formula is C22H24N6O3. The minimum Gasteiger partial charge on any atom is -0.489 e. The Morgan fingerprint density at radius 2 is 1.90 bits per heavy atom. The Hall–Kier alpha value is -3.75. The molecule has 4 rings (SSSR count). The molecule has 3 aromatic rings. The molecule has 4 heterocycles. The summed E-state index contributed by atoms with van der Waals surface area (Å²) in [5, 5.41) is 11.3. The molecule has 3 aromatic heterocycles. The lowest BCUT2D eigenvalue weighted by atomic mass is 10.1. The van der Waals surface area contributed by atoms with E-state index < -0.39 is 0 Å². The van der Waals surface area contributed by atoms with Crippen molar-refractivity contribution < 1.29 is 14.3 Å². The molecule has 31 heavy (non-hydrogen) atoms. The molecule has 0 saturated carbocycles. The number of anilines is 2. The monoisotopic (exact) mass is 420 g/mol. The highest BCUT2D eigenvalue weighted by atomic mass is 16.5. The number of piperidine rings is 1. The molecule has 9 heteroatoms. The zero-order chi connectivity index (χ0) is 21.6. The Morgan fingerprint density at radius 3 is 2.55 bits per heavy atom. The van der Waals surface area contributed by atoms with Crippen molar-refractivity contribution in [3.05, 3.63) is 60.2 Å². The predicted molar refractivity (Wildman–Crippen MR) is 116 cm³/mol. The van der Waals surface area contributed by atoms with Crippen molar-refractivity contribution in [3.63, 3.8) is 0 Å². The summed E-state index contributed by atoms with van der Waals surface area (Å²) in [7, 11) is 1.59. The van der Waals surface area contributed by atoms with Crippen LogP contribution >= 0.6 is 0 Å². The summed E-state index contributed by atoms with van der Waals surface area (Å²) in [5.41, 5.74) is 1.86. The Bertz CT molecular complexity index is 1020. The second kappa shape index (κ2) is 9.38. The first-order valence-electron chi connectivity index (χ1n) is 10.1. The second-order valence-corrected chi connectivity index (χ2v) is 7.27. The lowest BCUT2D eigenvalue weighted by molar-refractivity contribution is 0.102. The largest absolute Gasteiger partial charge is 0.489 e. The number of rotatable bonds is 6. The topological polar surface area (TPSA) is 102 Å². The maximum absolute atomic E-state index is 12.4. The SMILES string of the molecule is COc1ccc(OC2CCN(c3nnc(C(=O)Nc4ccncc4)cc3C)CC2)cn1. The number of amides is 1. The molecular weight excluding hydrogens is 396 g/mol. The number of hydrogen-bond donors (Lipinski definition) is 1.